The van der Waals surface area contributed by atoms with Crippen molar-refractivity contribution in [1.29, 1.82) is 0 Å². The minimum Gasteiger partial charge on any atom is -0.378 e. The summed E-state index contributed by atoms with van der Waals surface area (Å²) in [7, 11) is 0.176. The van der Waals surface area contributed by atoms with E-state index in [4.69, 9.17) is 11.6 Å². The Morgan fingerprint density at radius 3 is 2.16 bits per heavy atom. The third kappa shape index (κ3) is 2.50. The van der Waals surface area contributed by atoms with E-state index in [-0.39, 0.29) is 0 Å². The summed E-state index contributed by atoms with van der Waals surface area (Å²) >= 11 is 5.85. The average Bonchev–Trinajstić information content (AvgIpc) is 2.44. The highest BCUT2D eigenvalue weighted by atomic mass is 35.5. The fraction of sp³-hybridized carbons (Fsp3) is 0.385. The molecule has 0 bridgehead atoms. The molecule has 1 aromatic rings. The Morgan fingerprint density at radius 2 is 1.68 bits per heavy atom. The van der Waals surface area contributed by atoms with E-state index in [2.05, 4.69) is 4.72 Å². The summed E-state index contributed by atoms with van der Waals surface area (Å²) in [6, 6.07) is 6.83. The first-order valence-corrected chi connectivity index (χ1v) is 7.73. The van der Waals surface area contributed by atoms with Gasteiger partial charge in [-0.25, -0.2) is 8.42 Å². The van der Waals surface area contributed by atoms with Gasteiger partial charge in [0, 0.05) is 19.1 Å². The van der Waals surface area contributed by atoms with E-state index < -0.39 is 15.6 Å². The van der Waals surface area contributed by atoms with Crippen molar-refractivity contribution in [3.05, 3.63) is 40.5 Å². The van der Waals surface area contributed by atoms with Gasteiger partial charge in [0.05, 0.1) is 11.2 Å². The third-order valence-corrected chi connectivity index (χ3v) is 5.02. The Labute approximate surface area is 119 Å². The monoisotopic (exact) mass is 300 g/mol. The van der Waals surface area contributed by atoms with Crippen molar-refractivity contribution < 1.29 is 8.42 Å². The molecule has 1 heterocycles. The van der Waals surface area contributed by atoms with Gasteiger partial charge < -0.3 is 4.90 Å². The van der Waals surface area contributed by atoms with E-state index in [1.807, 2.05) is 32.8 Å². The molecule has 1 aromatic carbocycles. The molecule has 19 heavy (non-hydrogen) atoms. The predicted molar refractivity (Wildman–Crippen MR) is 78.2 cm³/mol. The molecule has 0 amide bonds. The van der Waals surface area contributed by atoms with Crippen LogP contribution in [0.5, 0.6) is 0 Å². The fourth-order valence-electron chi connectivity index (χ4n) is 2.50. The van der Waals surface area contributed by atoms with Crippen LogP contribution >= 0.6 is 11.6 Å². The maximum Gasteiger partial charge on any atom is 0.243 e. The Kier molecular flexibility index (Phi) is 3.41. The molecular formula is C13H17ClN2O2S. The van der Waals surface area contributed by atoms with Gasteiger partial charge in [0.2, 0.25) is 10.0 Å². The van der Waals surface area contributed by atoms with Crippen LogP contribution in [0, 0.1) is 0 Å². The molecule has 0 unspecified atom stereocenters. The molecule has 0 fully saturated rings. The number of rotatable bonds is 2. The van der Waals surface area contributed by atoms with E-state index in [0.717, 1.165) is 5.70 Å². The lowest BCUT2D eigenvalue weighted by Gasteiger charge is -2.27. The van der Waals surface area contributed by atoms with Crippen LogP contribution in [0.3, 0.4) is 0 Å². The van der Waals surface area contributed by atoms with Crippen LogP contribution in [0.1, 0.15) is 19.4 Å². The maximum absolute atomic E-state index is 12.3. The molecule has 0 aromatic heterocycles. The first kappa shape index (κ1) is 14.4. The Morgan fingerprint density at radius 1 is 1.16 bits per heavy atom. The predicted octanol–water partition coefficient (Wildman–Crippen LogP) is 2.28. The number of sulfonamides is 1. The number of halogens is 1. The smallest absolute Gasteiger partial charge is 0.243 e. The van der Waals surface area contributed by atoms with E-state index >= 15 is 0 Å². The molecular weight excluding hydrogens is 284 g/mol. The van der Waals surface area contributed by atoms with Gasteiger partial charge in [-0.3, -0.25) is 0 Å². The van der Waals surface area contributed by atoms with Crippen LogP contribution in [0.4, 0.5) is 0 Å². The molecule has 6 heteroatoms. The second kappa shape index (κ2) is 4.51. The van der Waals surface area contributed by atoms with Gasteiger partial charge in [0.1, 0.15) is 4.91 Å². The minimum absolute atomic E-state index is 0.319. The Hall–Kier alpha value is -1.04. The summed E-state index contributed by atoms with van der Waals surface area (Å²) in [5.41, 5.74) is 0.762. The molecule has 104 valence electrons. The molecule has 0 aliphatic carbocycles. The molecule has 1 N–H and O–H groups in total. The Balaban J connectivity index is 2.73. The normalized spacial score (nSPS) is 20.7. The van der Waals surface area contributed by atoms with E-state index in [1.165, 1.54) is 0 Å². The fourth-order valence-corrected chi connectivity index (χ4v) is 4.64. The summed E-state index contributed by atoms with van der Waals surface area (Å²) in [6.45, 7) is 3.70. The zero-order valence-corrected chi connectivity index (χ0v) is 12.9. The van der Waals surface area contributed by atoms with Gasteiger partial charge in [-0.1, -0.05) is 23.7 Å². The summed E-state index contributed by atoms with van der Waals surface area (Å²) in [4.78, 5) is 2.15. The first-order chi connectivity index (χ1) is 8.65. The molecule has 0 radical (unpaired) electrons. The molecule has 0 atom stereocenters. The molecule has 1 aliphatic heterocycles. The molecule has 0 saturated carbocycles. The lowest BCUT2D eigenvalue weighted by molar-refractivity contribution is 0.398. The quantitative estimate of drug-likeness (QED) is 0.911. The number of hydrogen-bond acceptors (Lipinski definition) is 3. The third-order valence-electron chi connectivity index (χ3n) is 3.02. The highest BCUT2D eigenvalue weighted by Gasteiger charge is 2.43. The van der Waals surface area contributed by atoms with E-state index in [0.29, 0.717) is 15.5 Å². The van der Waals surface area contributed by atoms with Crippen molar-refractivity contribution in [3.63, 3.8) is 0 Å². The summed E-state index contributed by atoms with van der Waals surface area (Å²) in [6.07, 6.45) is 0. The molecule has 0 saturated heterocycles. The largest absolute Gasteiger partial charge is 0.378 e. The van der Waals surface area contributed by atoms with Crippen LogP contribution in [-0.2, 0) is 10.0 Å². The summed E-state index contributed by atoms with van der Waals surface area (Å²) in [5.74, 6) is 0. The SMILES string of the molecule is CN(C)C1=C(c2ccc(Cl)cc2)S(=O)(=O)NC1(C)C. The van der Waals surface area contributed by atoms with Crippen molar-refractivity contribution in [1.82, 2.24) is 9.62 Å². The highest BCUT2D eigenvalue weighted by Crippen LogP contribution is 2.38. The average molecular weight is 301 g/mol. The van der Waals surface area contributed by atoms with Crippen LogP contribution in [0.15, 0.2) is 30.0 Å². The number of nitrogens with one attached hydrogen (secondary N) is 1. The zero-order valence-electron chi connectivity index (χ0n) is 11.4. The standard InChI is InChI=1S/C13H17ClN2O2S/c1-13(2)12(16(3)4)11(19(17,18)15-13)9-5-7-10(14)8-6-9/h5-8,15H,1-4H3. The van der Waals surface area contributed by atoms with Crippen LogP contribution in [-0.4, -0.2) is 33.0 Å². The topological polar surface area (TPSA) is 49.4 Å². The van der Waals surface area contributed by atoms with Gasteiger partial charge in [-0.15, -0.1) is 0 Å². The van der Waals surface area contributed by atoms with E-state index in [9.17, 15) is 8.42 Å². The lowest BCUT2D eigenvalue weighted by atomic mass is 9.99. The van der Waals surface area contributed by atoms with Gasteiger partial charge in [-0.05, 0) is 31.5 Å². The molecule has 1 aliphatic rings. The molecule has 4 nitrogen and oxygen atoms in total. The first-order valence-electron chi connectivity index (χ1n) is 5.87. The van der Waals surface area contributed by atoms with Crippen LogP contribution in [0.25, 0.3) is 4.91 Å². The van der Waals surface area contributed by atoms with Crippen molar-refractivity contribution in [2.24, 2.45) is 0 Å². The Bertz CT molecular complexity index is 631. The second-order valence-corrected chi connectivity index (χ2v) is 7.37. The summed E-state index contributed by atoms with van der Waals surface area (Å²) < 4.78 is 27.4. The number of hydrogen-bond donors (Lipinski definition) is 1. The van der Waals surface area contributed by atoms with Gasteiger partial charge >= 0.3 is 0 Å². The maximum atomic E-state index is 12.3. The highest BCUT2D eigenvalue weighted by molar-refractivity contribution is 7.99. The van der Waals surface area contributed by atoms with Gasteiger partial charge in [0.25, 0.3) is 0 Å². The van der Waals surface area contributed by atoms with Gasteiger partial charge in [-0.2, -0.15) is 4.72 Å². The van der Waals surface area contributed by atoms with Crippen LogP contribution < -0.4 is 4.72 Å². The lowest BCUT2D eigenvalue weighted by Crippen LogP contribution is -2.41. The molecule has 2 rings (SSSR count). The van der Waals surface area contributed by atoms with Crippen molar-refractivity contribution in [2.45, 2.75) is 19.4 Å². The summed E-state index contributed by atoms with van der Waals surface area (Å²) in [5, 5.41) is 0.582. The van der Waals surface area contributed by atoms with E-state index in [1.54, 1.807) is 24.3 Å². The minimum atomic E-state index is -3.51. The van der Waals surface area contributed by atoms with Crippen molar-refractivity contribution in [3.8, 4) is 0 Å². The van der Waals surface area contributed by atoms with Crippen molar-refractivity contribution in [2.75, 3.05) is 14.1 Å². The van der Waals surface area contributed by atoms with Gasteiger partial charge in [0.15, 0.2) is 0 Å². The van der Waals surface area contributed by atoms with Crippen LogP contribution in [0.2, 0.25) is 5.02 Å². The number of nitrogens with zero attached hydrogens (tertiary/aromatic N) is 1. The number of benzene rings is 1. The zero-order chi connectivity index (χ0) is 14.4. The van der Waals surface area contributed by atoms with Crippen molar-refractivity contribution >= 4 is 26.5 Å². The number of likely N-dealkylation sites (N-methyl/N-ethyl adjacent to an activating group) is 1. The second-order valence-electron chi connectivity index (χ2n) is 5.31. The molecule has 0 spiro atoms.